The maximum Gasteiger partial charge on any atom is 0.247 e. The fourth-order valence-corrected chi connectivity index (χ4v) is 3.54. The lowest BCUT2D eigenvalue weighted by Crippen LogP contribution is -2.36. The van der Waals surface area contributed by atoms with Gasteiger partial charge in [-0.05, 0) is 36.6 Å². The van der Waals surface area contributed by atoms with Crippen molar-refractivity contribution in [1.29, 1.82) is 0 Å². The van der Waals surface area contributed by atoms with Gasteiger partial charge in [-0.1, -0.05) is 42.6 Å². The number of benzene rings is 2. The smallest absolute Gasteiger partial charge is 0.247 e. The highest BCUT2D eigenvalue weighted by Gasteiger charge is 2.34. The van der Waals surface area contributed by atoms with Crippen molar-refractivity contribution in [2.24, 2.45) is 0 Å². The van der Waals surface area contributed by atoms with Crippen molar-refractivity contribution in [2.45, 2.75) is 18.3 Å². The maximum atomic E-state index is 12.7. The number of carbonyl (C=O) groups excluding carboxylic acids is 1. The molecule has 1 aliphatic heterocycles. The Labute approximate surface area is 178 Å². The quantitative estimate of drug-likeness (QED) is 0.451. The number of hydrogen-bond acceptors (Lipinski definition) is 7. The number of ether oxygens (including phenoxy) is 2. The second-order valence-electron chi connectivity index (χ2n) is 6.50. The normalized spacial score (nSPS) is 14.7. The fraction of sp³-hybridized carbons (Fsp3) is 0.182. The number of anilines is 1. The van der Waals surface area contributed by atoms with E-state index in [1.165, 1.54) is 18.7 Å². The molecule has 8 heteroatoms. The molecule has 0 radical (unpaired) electrons. The summed E-state index contributed by atoms with van der Waals surface area (Å²) in [5, 5.41) is 8.98. The molecule has 7 nitrogen and oxygen atoms in total. The molecule has 0 saturated carbocycles. The summed E-state index contributed by atoms with van der Waals surface area (Å²) in [6.07, 6.45) is 2.84. The van der Waals surface area contributed by atoms with Crippen LogP contribution < -0.4 is 14.4 Å². The summed E-state index contributed by atoms with van der Waals surface area (Å²) in [4.78, 5) is 18.8. The summed E-state index contributed by atoms with van der Waals surface area (Å²) < 4.78 is 11.9. The zero-order valence-corrected chi connectivity index (χ0v) is 17.4. The molecule has 0 spiro atoms. The summed E-state index contributed by atoms with van der Waals surface area (Å²) in [5.74, 6) is 0.879. The van der Waals surface area contributed by atoms with Crippen LogP contribution in [0.4, 0.5) is 5.69 Å². The van der Waals surface area contributed by atoms with Crippen LogP contribution in [0.5, 0.6) is 11.6 Å². The Morgan fingerprint density at radius 2 is 2.00 bits per heavy atom. The molecule has 2 aromatic carbocycles. The van der Waals surface area contributed by atoms with Crippen molar-refractivity contribution in [1.82, 2.24) is 15.2 Å². The Morgan fingerprint density at radius 3 is 2.70 bits per heavy atom. The van der Waals surface area contributed by atoms with E-state index < -0.39 is 6.23 Å². The molecule has 1 amide bonds. The number of rotatable bonds is 5. The van der Waals surface area contributed by atoms with Crippen molar-refractivity contribution in [2.75, 3.05) is 17.8 Å². The number of thioether (sulfide) groups is 1. The van der Waals surface area contributed by atoms with Gasteiger partial charge in [0.05, 0.1) is 5.69 Å². The Balaban J connectivity index is 1.85. The lowest BCUT2D eigenvalue weighted by Gasteiger charge is -2.30. The highest BCUT2D eigenvalue weighted by molar-refractivity contribution is 7.98. The van der Waals surface area contributed by atoms with Crippen molar-refractivity contribution >= 4 is 23.4 Å². The van der Waals surface area contributed by atoms with Gasteiger partial charge in [-0.3, -0.25) is 9.69 Å². The van der Waals surface area contributed by atoms with E-state index in [0.29, 0.717) is 34.8 Å². The topological polar surface area (TPSA) is 77.4 Å². The van der Waals surface area contributed by atoms with E-state index in [-0.39, 0.29) is 5.91 Å². The Morgan fingerprint density at radius 1 is 1.23 bits per heavy atom. The molecule has 152 valence electrons. The number of aromatic nitrogens is 3. The van der Waals surface area contributed by atoms with Crippen LogP contribution in [-0.4, -0.2) is 34.0 Å². The molecule has 0 bridgehead atoms. The van der Waals surface area contributed by atoms with Crippen molar-refractivity contribution in [3.05, 3.63) is 66.7 Å². The predicted octanol–water partition coefficient (Wildman–Crippen LogP) is 4.27. The third kappa shape index (κ3) is 3.73. The van der Waals surface area contributed by atoms with Gasteiger partial charge in [0.25, 0.3) is 0 Å². The Bertz CT molecular complexity index is 1090. The van der Waals surface area contributed by atoms with Crippen LogP contribution in [0, 0.1) is 0 Å². The molecule has 30 heavy (non-hydrogen) atoms. The standard InChI is InChI=1S/C22H20N4O3S/c1-4-13-28-16-11-9-15(10-12-16)21-26(14(2)27)18-8-6-5-7-17(18)19-20(29-21)23-22(30-3)25-24-19/h4-12,21H,1,13H2,2-3H3/t21-/m1/s1. The second-order valence-corrected chi connectivity index (χ2v) is 7.27. The summed E-state index contributed by atoms with van der Waals surface area (Å²) in [5.41, 5.74) is 2.71. The number of nitrogens with zero attached hydrogens (tertiary/aromatic N) is 4. The summed E-state index contributed by atoms with van der Waals surface area (Å²) in [6.45, 7) is 5.58. The molecule has 4 rings (SSSR count). The molecular formula is C22H20N4O3S. The predicted molar refractivity (Wildman–Crippen MR) is 116 cm³/mol. The number of fused-ring (bicyclic) bond motifs is 3. The molecule has 0 fully saturated rings. The summed E-state index contributed by atoms with van der Waals surface area (Å²) >= 11 is 1.37. The SMILES string of the molecule is C=CCOc1ccc([C@H]2Oc3nc(SC)nnc3-c3ccccc3N2C(C)=O)cc1. The van der Waals surface area contributed by atoms with Gasteiger partial charge in [0.1, 0.15) is 12.4 Å². The Kier molecular flexibility index (Phi) is 5.67. The lowest BCUT2D eigenvalue weighted by atomic mass is 10.1. The first kappa shape index (κ1) is 19.9. The highest BCUT2D eigenvalue weighted by Crippen LogP contribution is 2.43. The fourth-order valence-electron chi connectivity index (χ4n) is 3.24. The van der Waals surface area contributed by atoms with E-state index in [1.807, 2.05) is 54.8 Å². The summed E-state index contributed by atoms with van der Waals surface area (Å²) in [7, 11) is 0. The van der Waals surface area contributed by atoms with Crippen LogP contribution in [-0.2, 0) is 4.79 Å². The minimum atomic E-state index is -0.718. The van der Waals surface area contributed by atoms with Crippen LogP contribution >= 0.6 is 11.8 Å². The number of amides is 1. The number of carbonyl (C=O) groups is 1. The van der Waals surface area contributed by atoms with Crippen LogP contribution in [0.1, 0.15) is 18.7 Å². The number of para-hydroxylation sites is 1. The van der Waals surface area contributed by atoms with Gasteiger partial charge in [0, 0.05) is 18.1 Å². The molecule has 1 atom stereocenters. The molecule has 2 heterocycles. The molecule has 0 saturated heterocycles. The van der Waals surface area contributed by atoms with E-state index in [1.54, 1.807) is 11.0 Å². The zero-order valence-electron chi connectivity index (χ0n) is 16.6. The number of hydrogen-bond donors (Lipinski definition) is 0. The minimum absolute atomic E-state index is 0.162. The van der Waals surface area contributed by atoms with Gasteiger partial charge in [-0.15, -0.1) is 10.2 Å². The molecule has 3 aromatic rings. The van der Waals surface area contributed by atoms with Gasteiger partial charge in [-0.25, -0.2) is 0 Å². The van der Waals surface area contributed by atoms with Crippen molar-refractivity contribution in [3.8, 4) is 22.9 Å². The third-order valence-corrected chi connectivity index (χ3v) is 5.10. The average Bonchev–Trinajstić information content (AvgIpc) is 2.92. The second kappa shape index (κ2) is 8.54. The molecule has 0 unspecified atom stereocenters. The molecule has 0 aliphatic carbocycles. The van der Waals surface area contributed by atoms with Crippen LogP contribution in [0.25, 0.3) is 11.3 Å². The Hall–Kier alpha value is -3.39. The zero-order chi connectivity index (χ0) is 21.1. The molecule has 0 N–H and O–H groups in total. The van der Waals surface area contributed by atoms with Gasteiger partial charge in [-0.2, -0.15) is 4.98 Å². The van der Waals surface area contributed by atoms with Gasteiger partial charge >= 0.3 is 0 Å². The summed E-state index contributed by atoms with van der Waals surface area (Å²) in [6, 6.07) is 14.9. The van der Waals surface area contributed by atoms with Gasteiger partial charge in [0.2, 0.25) is 23.2 Å². The molecule has 1 aliphatic rings. The van der Waals surface area contributed by atoms with Crippen LogP contribution in [0.3, 0.4) is 0 Å². The first-order valence-electron chi connectivity index (χ1n) is 9.30. The van der Waals surface area contributed by atoms with E-state index in [2.05, 4.69) is 21.8 Å². The van der Waals surface area contributed by atoms with E-state index in [9.17, 15) is 4.79 Å². The molecular weight excluding hydrogens is 400 g/mol. The largest absolute Gasteiger partial charge is 0.490 e. The van der Waals surface area contributed by atoms with Crippen LogP contribution in [0.15, 0.2) is 66.3 Å². The lowest BCUT2D eigenvalue weighted by molar-refractivity contribution is -0.118. The van der Waals surface area contributed by atoms with Crippen molar-refractivity contribution < 1.29 is 14.3 Å². The third-order valence-electron chi connectivity index (χ3n) is 4.57. The maximum absolute atomic E-state index is 12.7. The van der Waals surface area contributed by atoms with E-state index in [0.717, 1.165) is 11.1 Å². The van der Waals surface area contributed by atoms with E-state index >= 15 is 0 Å². The highest BCUT2D eigenvalue weighted by atomic mass is 32.2. The van der Waals surface area contributed by atoms with Gasteiger partial charge in [0.15, 0.2) is 5.69 Å². The first-order valence-corrected chi connectivity index (χ1v) is 10.5. The van der Waals surface area contributed by atoms with Gasteiger partial charge < -0.3 is 9.47 Å². The monoisotopic (exact) mass is 420 g/mol. The first-order chi connectivity index (χ1) is 14.6. The molecule has 1 aromatic heterocycles. The van der Waals surface area contributed by atoms with Crippen LogP contribution in [0.2, 0.25) is 0 Å². The minimum Gasteiger partial charge on any atom is -0.490 e. The average molecular weight is 420 g/mol. The van der Waals surface area contributed by atoms with E-state index in [4.69, 9.17) is 9.47 Å². The van der Waals surface area contributed by atoms with Crippen molar-refractivity contribution in [3.63, 3.8) is 0 Å².